The molecule has 0 bridgehead atoms. The van der Waals surface area contributed by atoms with E-state index in [0.717, 1.165) is 17.1 Å². The number of nitrogens with two attached hydrogens (primary N) is 1. The number of pyridine rings is 1. The van der Waals surface area contributed by atoms with Gasteiger partial charge in [-0.05, 0) is 27.7 Å². The molecule has 0 aliphatic carbocycles. The summed E-state index contributed by atoms with van der Waals surface area (Å²) in [4.78, 5) is 60.0. The van der Waals surface area contributed by atoms with Crippen LogP contribution in [0.1, 0.15) is 43.9 Å². The fraction of sp³-hybridized carbons (Fsp3) is 0.417. The van der Waals surface area contributed by atoms with Crippen LogP contribution >= 0.6 is 23.3 Å². The molecule has 2 aromatic rings. The predicted molar refractivity (Wildman–Crippen MR) is 141 cm³/mol. The molecular formula is C24H27N7O7S2. The summed E-state index contributed by atoms with van der Waals surface area (Å²) in [5, 5.41) is 17.2. The van der Waals surface area contributed by atoms with Crippen molar-refractivity contribution in [3.63, 3.8) is 0 Å². The SMILES string of the molecule is CC(ON=C(C(=O)NC1C(=O)N2C=C(C[n+]3ccc(C(=O)[O-])cc3)CS[C@H]12)c1nsc(N)n1)C(=O)OC(C)(C)C. The number of amides is 2. The van der Waals surface area contributed by atoms with Gasteiger partial charge in [0.25, 0.3) is 11.8 Å². The number of thioether (sulfide) groups is 1. The van der Waals surface area contributed by atoms with Crippen LogP contribution in [0.15, 0.2) is 41.5 Å². The minimum Gasteiger partial charge on any atom is -0.545 e. The van der Waals surface area contributed by atoms with Crippen molar-refractivity contribution < 1.29 is 38.4 Å². The molecule has 3 atom stereocenters. The highest BCUT2D eigenvalue weighted by Crippen LogP contribution is 2.36. The zero-order chi connectivity index (χ0) is 29.2. The van der Waals surface area contributed by atoms with Gasteiger partial charge >= 0.3 is 5.97 Å². The molecule has 0 radical (unpaired) electrons. The third-order valence-electron chi connectivity index (χ3n) is 5.55. The molecule has 1 saturated heterocycles. The minimum absolute atomic E-state index is 0.0722. The van der Waals surface area contributed by atoms with Gasteiger partial charge < -0.3 is 35.4 Å². The number of ether oxygens (including phenoxy) is 1. The molecule has 16 heteroatoms. The molecule has 0 spiro atoms. The Morgan fingerprint density at radius 2 is 2.02 bits per heavy atom. The Balaban J connectivity index is 1.42. The first kappa shape index (κ1) is 28.9. The number of nitrogen functional groups attached to an aromatic ring is 1. The number of fused-ring (bicyclic) bond motifs is 1. The van der Waals surface area contributed by atoms with Gasteiger partial charge in [-0.2, -0.15) is 9.36 Å². The lowest BCUT2D eigenvalue weighted by atomic mass is 10.1. The van der Waals surface area contributed by atoms with Gasteiger partial charge in [0.05, 0.1) is 5.97 Å². The zero-order valence-electron chi connectivity index (χ0n) is 22.0. The molecule has 4 heterocycles. The number of rotatable bonds is 9. The van der Waals surface area contributed by atoms with Crippen molar-refractivity contribution in [1.29, 1.82) is 0 Å². The van der Waals surface area contributed by atoms with Crippen molar-refractivity contribution in [3.8, 4) is 0 Å². The van der Waals surface area contributed by atoms with Crippen molar-refractivity contribution in [2.45, 2.75) is 57.4 Å². The van der Waals surface area contributed by atoms with E-state index in [2.05, 4.69) is 19.8 Å². The number of nitrogens with one attached hydrogen (secondary N) is 1. The van der Waals surface area contributed by atoms with E-state index in [1.807, 2.05) is 0 Å². The van der Waals surface area contributed by atoms with Gasteiger partial charge in [-0.15, -0.1) is 11.8 Å². The lowest BCUT2D eigenvalue weighted by molar-refractivity contribution is -0.689. The Hall–Kier alpha value is -4.05. The van der Waals surface area contributed by atoms with Crippen molar-refractivity contribution in [2.75, 3.05) is 11.5 Å². The van der Waals surface area contributed by atoms with Crippen LogP contribution in [0, 0.1) is 0 Å². The Kier molecular flexibility index (Phi) is 8.39. The topological polar surface area (TPSA) is 193 Å². The maximum Gasteiger partial charge on any atom is 0.350 e. The number of hydrogen-bond donors (Lipinski definition) is 2. The molecule has 0 saturated carbocycles. The second-order valence-electron chi connectivity index (χ2n) is 9.91. The van der Waals surface area contributed by atoms with Gasteiger partial charge in [0.1, 0.15) is 17.0 Å². The number of anilines is 1. The molecular weight excluding hydrogens is 562 g/mol. The number of aromatic nitrogens is 3. The van der Waals surface area contributed by atoms with Crippen LogP contribution in [-0.4, -0.2) is 72.6 Å². The fourth-order valence-corrected chi connectivity index (χ4v) is 5.35. The third kappa shape index (κ3) is 6.74. The van der Waals surface area contributed by atoms with E-state index in [4.69, 9.17) is 15.3 Å². The van der Waals surface area contributed by atoms with E-state index >= 15 is 0 Å². The van der Waals surface area contributed by atoms with E-state index in [9.17, 15) is 24.3 Å². The molecule has 2 aliphatic rings. The maximum atomic E-state index is 13.2. The number of esters is 1. The quantitative estimate of drug-likeness (QED) is 0.122. The average Bonchev–Trinajstić information content (AvgIpc) is 3.32. The highest BCUT2D eigenvalue weighted by atomic mass is 32.2. The molecule has 3 N–H and O–H groups in total. The van der Waals surface area contributed by atoms with E-state index in [1.165, 1.54) is 35.7 Å². The number of hydrogen-bond acceptors (Lipinski definition) is 13. The first-order valence-corrected chi connectivity index (χ1v) is 13.9. The van der Waals surface area contributed by atoms with Gasteiger partial charge in [0, 0.05) is 46.8 Å². The number of β-lactam (4-membered cyclic amide) rings is 1. The molecule has 40 heavy (non-hydrogen) atoms. The van der Waals surface area contributed by atoms with E-state index in [-0.39, 0.29) is 33.5 Å². The van der Waals surface area contributed by atoms with Crippen LogP contribution in [0.4, 0.5) is 5.13 Å². The van der Waals surface area contributed by atoms with Crippen molar-refractivity contribution >= 4 is 57.9 Å². The normalized spacial score (nSPS) is 19.6. The molecule has 2 amide bonds. The van der Waals surface area contributed by atoms with Crippen molar-refractivity contribution in [1.82, 2.24) is 19.6 Å². The van der Waals surface area contributed by atoms with E-state index < -0.39 is 35.6 Å². The lowest BCUT2D eigenvalue weighted by Crippen LogP contribution is -2.69. The highest BCUT2D eigenvalue weighted by Gasteiger charge is 2.50. The number of oxime groups is 1. The van der Waals surface area contributed by atoms with Crippen molar-refractivity contribution in [2.24, 2.45) is 5.16 Å². The number of carboxylic acid groups (broad SMARTS) is 1. The second-order valence-corrected chi connectivity index (χ2v) is 11.8. The summed E-state index contributed by atoms with van der Waals surface area (Å²) in [5.74, 6) is -2.56. The highest BCUT2D eigenvalue weighted by molar-refractivity contribution is 8.00. The summed E-state index contributed by atoms with van der Waals surface area (Å²) in [6, 6.07) is 2.04. The minimum atomic E-state index is -1.26. The lowest BCUT2D eigenvalue weighted by Gasteiger charge is -2.47. The molecule has 2 aliphatic heterocycles. The molecule has 4 rings (SSSR count). The van der Waals surface area contributed by atoms with Crippen LogP contribution in [0.25, 0.3) is 0 Å². The van der Waals surface area contributed by atoms with Crippen LogP contribution in [0.2, 0.25) is 0 Å². The third-order valence-corrected chi connectivity index (χ3v) is 7.47. The summed E-state index contributed by atoms with van der Waals surface area (Å²) in [7, 11) is 0. The van der Waals surface area contributed by atoms with Crippen LogP contribution in [0.5, 0.6) is 0 Å². The smallest absolute Gasteiger partial charge is 0.350 e. The van der Waals surface area contributed by atoms with E-state index in [1.54, 1.807) is 43.9 Å². The van der Waals surface area contributed by atoms with Gasteiger partial charge in [0.2, 0.25) is 17.6 Å². The standard InChI is InChI=1S/C24H27N7O7S2/c1-12(22(36)37-24(2,3)4)38-28-15(17-27-23(25)40-29-17)18(32)26-16-19(33)31-10-13(11-39-20(16)31)9-30-7-5-14(6-8-30)21(34)35/h5-8,10,12,16,20H,9,11H2,1-4H3,(H3-,25,26,27,29,32,34,35)/t12?,16?,20-/m1/s1. The molecule has 0 aromatic carbocycles. The van der Waals surface area contributed by atoms with Crippen LogP contribution in [-0.2, 0) is 30.5 Å². The summed E-state index contributed by atoms with van der Waals surface area (Å²) >= 11 is 2.31. The fourth-order valence-electron chi connectivity index (χ4n) is 3.66. The Bertz CT molecular complexity index is 1380. The number of carboxylic acids is 1. The Morgan fingerprint density at radius 1 is 1.32 bits per heavy atom. The first-order valence-electron chi connectivity index (χ1n) is 12.0. The number of carbonyl (C=O) groups is 4. The van der Waals surface area contributed by atoms with Crippen LogP contribution < -0.4 is 20.7 Å². The summed E-state index contributed by atoms with van der Waals surface area (Å²) in [6.07, 6.45) is 3.84. The average molecular weight is 590 g/mol. The summed E-state index contributed by atoms with van der Waals surface area (Å²) in [6.45, 7) is 6.99. The first-order chi connectivity index (χ1) is 18.8. The van der Waals surface area contributed by atoms with Gasteiger partial charge in [-0.1, -0.05) is 5.16 Å². The van der Waals surface area contributed by atoms with E-state index in [0.29, 0.717) is 12.3 Å². The van der Waals surface area contributed by atoms with Gasteiger partial charge in [-0.3, -0.25) is 9.59 Å². The molecule has 2 unspecified atom stereocenters. The number of aromatic carboxylic acids is 1. The van der Waals surface area contributed by atoms with Crippen LogP contribution in [0.3, 0.4) is 0 Å². The molecule has 2 aromatic heterocycles. The van der Waals surface area contributed by atoms with Gasteiger partial charge in [0.15, 0.2) is 24.1 Å². The zero-order valence-corrected chi connectivity index (χ0v) is 23.7. The molecule has 14 nitrogen and oxygen atoms in total. The molecule has 1 fully saturated rings. The molecule has 212 valence electrons. The monoisotopic (exact) mass is 589 g/mol. The Labute approximate surface area is 237 Å². The predicted octanol–water partition coefficient (Wildman–Crippen LogP) is -0.794. The number of carbonyl (C=O) groups excluding carboxylic acids is 4. The number of nitrogens with zero attached hydrogens (tertiary/aromatic N) is 5. The maximum absolute atomic E-state index is 13.2. The second kappa shape index (κ2) is 11.6. The largest absolute Gasteiger partial charge is 0.545 e. The summed E-state index contributed by atoms with van der Waals surface area (Å²) in [5.41, 5.74) is 5.58. The van der Waals surface area contributed by atoms with Crippen molar-refractivity contribution in [3.05, 3.63) is 47.7 Å². The van der Waals surface area contributed by atoms with Gasteiger partial charge in [-0.25, -0.2) is 9.36 Å². The Morgan fingerprint density at radius 3 is 2.62 bits per heavy atom. The summed E-state index contributed by atoms with van der Waals surface area (Å²) < 4.78 is 11.1.